The van der Waals surface area contributed by atoms with Crippen molar-refractivity contribution in [2.75, 3.05) is 25.5 Å². The third-order valence-corrected chi connectivity index (χ3v) is 5.11. The summed E-state index contributed by atoms with van der Waals surface area (Å²) in [7, 11) is 2.14. The Morgan fingerprint density at radius 3 is 2.46 bits per heavy atom. The number of hydrogen-bond donors (Lipinski definition) is 1. The average Bonchev–Trinajstić information content (AvgIpc) is 2.68. The molecule has 1 atom stereocenters. The summed E-state index contributed by atoms with van der Waals surface area (Å²) in [5.41, 5.74) is 2.85. The van der Waals surface area contributed by atoms with Crippen LogP contribution in [-0.4, -0.2) is 43.2 Å². The minimum absolute atomic E-state index is 0.176. The number of nitrogens with one attached hydrogen (secondary N) is 1. The standard InChI is InChI=1S/C23H30N2O3/c1-16-5-6-17(2)22(15-16)27-18(3)23(26)24-19-7-9-20(10-8-19)28-21-11-13-25(4)14-12-21/h5-10,15,18,21H,11-14H2,1-4H3,(H,24,26)/t18-/m0/s1. The van der Waals surface area contributed by atoms with E-state index in [1.807, 2.05) is 56.3 Å². The molecule has 0 radical (unpaired) electrons. The molecular formula is C23H30N2O3. The van der Waals surface area contributed by atoms with E-state index < -0.39 is 6.10 Å². The van der Waals surface area contributed by atoms with Gasteiger partial charge in [0.2, 0.25) is 0 Å². The largest absolute Gasteiger partial charge is 0.490 e. The summed E-state index contributed by atoms with van der Waals surface area (Å²) in [4.78, 5) is 14.8. The molecule has 1 heterocycles. The van der Waals surface area contributed by atoms with Gasteiger partial charge in [-0.2, -0.15) is 0 Å². The van der Waals surface area contributed by atoms with Crippen molar-refractivity contribution in [3.05, 3.63) is 53.6 Å². The highest BCUT2D eigenvalue weighted by molar-refractivity contribution is 5.94. The van der Waals surface area contributed by atoms with Gasteiger partial charge < -0.3 is 19.7 Å². The molecule has 0 bridgehead atoms. The van der Waals surface area contributed by atoms with E-state index in [-0.39, 0.29) is 12.0 Å². The maximum atomic E-state index is 12.5. The second kappa shape index (κ2) is 9.11. The SMILES string of the molecule is Cc1ccc(C)c(O[C@@H](C)C(=O)Nc2ccc(OC3CCN(C)CC3)cc2)c1. The summed E-state index contributed by atoms with van der Waals surface area (Å²) >= 11 is 0. The van der Waals surface area contributed by atoms with Crippen molar-refractivity contribution in [3.63, 3.8) is 0 Å². The van der Waals surface area contributed by atoms with Gasteiger partial charge >= 0.3 is 0 Å². The minimum Gasteiger partial charge on any atom is -0.490 e. The zero-order valence-electron chi connectivity index (χ0n) is 17.2. The van der Waals surface area contributed by atoms with Crippen molar-refractivity contribution in [2.45, 2.75) is 45.8 Å². The Kier molecular flexibility index (Phi) is 6.57. The number of amides is 1. The van der Waals surface area contributed by atoms with E-state index in [9.17, 15) is 4.79 Å². The first-order valence-corrected chi connectivity index (χ1v) is 9.91. The number of aryl methyl sites for hydroxylation is 2. The molecule has 0 saturated carbocycles. The molecule has 150 valence electrons. The topological polar surface area (TPSA) is 50.8 Å². The molecule has 1 amide bonds. The molecule has 1 aliphatic rings. The van der Waals surface area contributed by atoms with Gasteiger partial charge in [-0.15, -0.1) is 0 Å². The van der Waals surface area contributed by atoms with Gasteiger partial charge in [0.25, 0.3) is 5.91 Å². The molecule has 28 heavy (non-hydrogen) atoms. The van der Waals surface area contributed by atoms with Crippen LogP contribution in [-0.2, 0) is 4.79 Å². The van der Waals surface area contributed by atoms with Crippen LogP contribution < -0.4 is 14.8 Å². The minimum atomic E-state index is -0.587. The third-order valence-electron chi connectivity index (χ3n) is 5.11. The van der Waals surface area contributed by atoms with Crippen LogP contribution in [0.1, 0.15) is 30.9 Å². The van der Waals surface area contributed by atoms with Crippen LogP contribution in [0.25, 0.3) is 0 Å². The van der Waals surface area contributed by atoms with E-state index >= 15 is 0 Å². The fourth-order valence-electron chi connectivity index (χ4n) is 3.23. The summed E-state index contributed by atoms with van der Waals surface area (Å²) in [5, 5.41) is 2.91. The monoisotopic (exact) mass is 382 g/mol. The third kappa shape index (κ3) is 5.49. The maximum absolute atomic E-state index is 12.5. The molecule has 1 saturated heterocycles. The lowest BCUT2D eigenvalue weighted by atomic mass is 10.1. The first-order chi connectivity index (χ1) is 13.4. The smallest absolute Gasteiger partial charge is 0.265 e. The molecule has 0 spiro atoms. The van der Waals surface area contributed by atoms with Gasteiger partial charge in [-0.05, 0) is 82.1 Å². The van der Waals surface area contributed by atoms with Crippen LogP contribution in [0.4, 0.5) is 5.69 Å². The van der Waals surface area contributed by atoms with Crippen LogP contribution in [0.5, 0.6) is 11.5 Å². The van der Waals surface area contributed by atoms with E-state index in [0.29, 0.717) is 0 Å². The second-order valence-electron chi connectivity index (χ2n) is 7.66. The Morgan fingerprint density at radius 2 is 1.79 bits per heavy atom. The average molecular weight is 383 g/mol. The number of carbonyl (C=O) groups is 1. The van der Waals surface area contributed by atoms with Crippen molar-refractivity contribution >= 4 is 11.6 Å². The molecule has 2 aromatic carbocycles. The number of nitrogens with zero attached hydrogens (tertiary/aromatic N) is 1. The lowest BCUT2D eigenvalue weighted by Crippen LogP contribution is -2.35. The molecule has 0 unspecified atom stereocenters. The highest BCUT2D eigenvalue weighted by Gasteiger charge is 2.19. The summed E-state index contributed by atoms with van der Waals surface area (Å²) in [5.74, 6) is 1.40. The highest BCUT2D eigenvalue weighted by Crippen LogP contribution is 2.22. The predicted octanol–water partition coefficient (Wildman–Crippen LogP) is 4.18. The van der Waals surface area contributed by atoms with Crippen molar-refractivity contribution in [2.24, 2.45) is 0 Å². The molecule has 1 aliphatic heterocycles. The number of anilines is 1. The fourth-order valence-corrected chi connectivity index (χ4v) is 3.23. The number of likely N-dealkylation sites (tertiary alicyclic amines) is 1. The highest BCUT2D eigenvalue weighted by atomic mass is 16.5. The van der Waals surface area contributed by atoms with E-state index in [1.54, 1.807) is 6.92 Å². The van der Waals surface area contributed by atoms with Crippen LogP contribution in [0, 0.1) is 13.8 Å². The molecule has 5 heteroatoms. The Bertz CT molecular complexity index is 796. The number of piperidine rings is 1. The molecule has 1 N–H and O–H groups in total. The molecule has 0 aromatic heterocycles. The zero-order chi connectivity index (χ0) is 20.1. The Balaban J connectivity index is 1.53. The van der Waals surface area contributed by atoms with Gasteiger partial charge in [0.1, 0.15) is 17.6 Å². The number of carbonyl (C=O) groups excluding carboxylic acids is 1. The van der Waals surface area contributed by atoms with Gasteiger partial charge in [0.05, 0.1) is 0 Å². The van der Waals surface area contributed by atoms with Crippen LogP contribution in [0.15, 0.2) is 42.5 Å². The first kappa shape index (κ1) is 20.2. The Morgan fingerprint density at radius 1 is 1.11 bits per heavy atom. The summed E-state index contributed by atoms with van der Waals surface area (Å²) in [6.07, 6.45) is 1.77. The molecule has 2 aromatic rings. The van der Waals surface area contributed by atoms with Gasteiger partial charge in [0, 0.05) is 18.8 Å². The summed E-state index contributed by atoms with van der Waals surface area (Å²) in [6.45, 7) is 7.87. The van der Waals surface area contributed by atoms with E-state index in [4.69, 9.17) is 9.47 Å². The molecule has 0 aliphatic carbocycles. The lowest BCUT2D eigenvalue weighted by Gasteiger charge is -2.29. The van der Waals surface area contributed by atoms with Gasteiger partial charge in [-0.25, -0.2) is 0 Å². The Labute approximate surface area is 167 Å². The van der Waals surface area contributed by atoms with Crippen LogP contribution in [0.3, 0.4) is 0 Å². The number of rotatable bonds is 6. The van der Waals surface area contributed by atoms with E-state index in [2.05, 4.69) is 17.3 Å². The van der Waals surface area contributed by atoms with Crippen molar-refractivity contribution in [3.8, 4) is 11.5 Å². The second-order valence-corrected chi connectivity index (χ2v) is 7.66. The van der Waals surface area contributed by atoms with Crippen LogP contribution in [0.2, 0.25) is 0 Å². The quantitative estimate of drug-likeness (QED) is 0.814. The molecule has 1 fully saturated rings. The zero-order valence-corrected chi connectivity index (χ0v) is 17.2. The van der Waals surface area contributed by atoms with Gasteiger partial charge in [0.15, 0.2) is 6.10 Å². The normalized spacial score (nSPS) is 16.4. The van der Waals surface area contributed by atoms with E-state index in [1.165, 1.54) is 0 Å². The van der Waals surface area contributed by atoms with Crippen molar-refractivity contribution in [1.29, 1.82) is 0 Å². The molecule has 5 nitrogen and oxygen atoms in total. The maximum Gasteiger partial charge on any atom is 0.265 e. The summed E-state index contributed by atoms with van der Waals surface area (Å²) < 4.78 is 11.9. The van der Waals surface area contributed by atoms with Crippen LogP contribution >= 0.6 is 0 Å². The Hall–Kier alpha value is -2.53. The lowest BCUT2D eigenvalue weighted by molar-refractivity contribution is -0.122. The van der Waals surface area contributed by atoms with Gasteiger partial charge in [-0.1, -0.05) is 12.1 Å². The number of benzene rings is 2. The van der Waals surface area contributed by atoms with Crippen molar-refractivity contribution < 1.29 is 14.3 Å². The first-order valence-electron chi connectivity index (χ1n) is 9.91. The fraction of sp³-hybridized carbons (Fsp3) is 0.435. The predicted molar refractivity (Wildman–Crippen MR) is 112 cm³/mol. The summed E-state index contributed by atoms with van der Waals surface area (Å²) in [6, 6.07) is 13.5. The van der Waals surface area contributed by atoms with Gasteiger partial charge in [-0.3, -0.25) is 4.79 Å². The number of hydrogen-bond acceptors (Lipinski definition) is 4. The van der Waals surface area contributed by atoms with Crippen molar-refractivity contribution in [1.82, 2.24) is 4.90 Å². The molecular weight excluding hydrogens is 352 g/mol. The van der Waals surface area contributed by atoms with E-state index in [0.717, 1.165) is 54.2 Å². The molecule has 3 rings (SSSR count). The number of ether oxygens (including phenoxy) is 2.